The minimum atomic E-state index is -2.89. The van der Waals surface area contributed by atoms with Gasteiger partial charge in [0.25, 0.3) is 0 Å². The number of nitrogens with one attached hydrogen (secondary N) is 1. The van der Waals surface area contributed by atoms with Gasteiger partial charge in [-0.1, -0.05) is 0 Å². The Labute approximate surface area is 122 Å². The van der Waals surface area contributed by atoms with Gasteiger partial charge in [-0.05, 0) is 12.5 Å². The molecule has 20 heavy (non-hydrogen) atoms. The molecule has 6 nitrogen and oxygen atoms in total. The fourth-order valence-corrected chi connectivity index (χ4v) is 5.30. The van der Waals surface area contributed by atoms with E-state index in [1.54, 1.807) is 12.1 Å². The fraction of sp³-hybridized carbons (Fsp3) is 0.500. The highest BCUT2D eigenvalue weighted by molar-refractivity contribution is 8.02. The minimum absolute atomic E-state index is 0.0275. The van der Waals surface area contributed by atoms with Gasteiger partial charge >= 0.3 is 0 Å². The van der Waals surface area contributed by atoms with Crippen LogP contribution in [0.1, 0.15) is 6.42 Å². The predicted molar refractivity (Wildman–Crippen MR) is 78.9 cm³/mol. The molecular weight excluding hydrogens is 300 g/mol. The lowest BCUT2D eigenvalue weighted by atomic mass is 10.4. The molecule has 0 saturated carbocycles. The first-order valence-corrected chi connectivity index (χ1v) is 8.97. The summed E-state index contributed by atoms with van der Waals surface area (Å²) in [6, 6.07) is 3.36. The summed E-state index contributed by atoms with van der Waals surface area (Å²) >= 11 is 1.39. The van der Waals surface area contributed by atoms with Gasteiger partial charge in [0.1, 0.15) is 0 Å². The highest BCUT2D eigenvalue weighted by atomic mass is 32.2. The van der Waals surface area contributed by atoms with E-state index in [0.717, 1.165) is 0 Å². The summed E-state index contributed by atoms with van der Waals surface area (Å²) in [5, 5.41) is 2.74. The number of pyridine rings is 1. The molecule has 1 aliphatic rings. The maximum atomic E-state index is 11.7. The maximum absolute atomic E-state index is 11.7. The molecule has 1 saturated heterocycles. The monoisotopic (exact) mass is 316 g/mol. The molecule has 1 atom stereocenters. The third-order valence-electron chi connectivity index (χ3n) is 2.87. The Morgan fingerprint density at radius 2 is 2.35 bits per heavy atom. The summed E-state index contributed by atoms with van der Waals surface area (Å²) < 4.78 is 27.5. The first-order valence-electron chi connectivity index (χ1n) is 6.10. The second-order valence-electron chi connectivity index (χ2n) is 4.47. The van der Waals surface area contributed by atoms with E-state index in [-0.39, 0.29) is 28.4 Å². The molecule has 2 rings (SSSR count). The summed E-state index contributed by atoms with van der Waals surface area (Å²) in [6.45, 7) is 0. The van der Waals surface area contributed by atoms with Crippen molar-refractivity contribution in [2.24, 2.45) is 0 Å². The molecule has 0 spiro atoms. The van der Waals surface area contributed by atoms with Crippen molar-refractivity contribution >= 4 is 33.2 Å². The zero-order valence-corrected chi connectivity index (χ0v) is 12.7. The Balaban J connectivity index is 1.78. The van der Waals surface area contributed by atoms with Crippen molar-refractivity contribution in [1.82, 2.24) is 4.98 Å². The maximum Gasteiger partial charge on any atom is 0.234 e. The van der Waals surface area contributed by atoms with Crippen LogP contribution in [0, 0.1) is 0 Å². The van der Waals surface area contributed by atoms with Gasteiger partial charge in [-0.2, -0.15) is 0 Å². The minimum Gasteiger partial charge on any atom is -0.481 e. The number of methoxy groups -OCH3 is 1. The molecule has 1 N–H and O–H groups in total. The van der Waals surface area contributed by atoms with Crippen molar-refractivity contribution in [3.05, 3.63) is 18.3 Å². The van der Waals surface area contributed by atoms with Crippen molar-refractivity contribution in [3.63, 3.8) is 0 Å². The van der Waals surface area contributed by atoms with E-state index in [1.807, 2.05) is 0 Å². The van der Waals surface area contributed by atoms with Crippen LogP contribution in [0.15, 0.2) is 18.3 Å². The van der Waals surface area contributed by atoms with Crippen LogP contribution in [0.25, 0.3) is 0 Å². The first kappa shape index (κ1) is 15.1. The van der Waals surface area contributed by atoms with Crippen molar-refractivity contribution in [3.8, 4) is 5.88 Å². The Morgan fingerprint density at radius 1 is 1.55 bits per heavy atom. The third kappa shape index (κ3) is 4.38. The summed E-state index contributed by atoms with van der Waals surface area (Å²) in [5.74, 6) is 0.968. The summed E-state index contributed by atoms with van der Waals surface area (Å²) in [7, 11) is -1.37. The Kier molecular flexibility index (Phi) is 4.87. The van der Waals surface area contributed by atoms with Crippen molar-refractivity contribution < 1.29 is 17.9 Å². The number of hydrogen-bond donors (Lipinski definition) is 1. The molecule has 1 fully saturated rings. The third-order valence-corrected chi connectivity index (χ3v) is 6.15. The van der Waals surface area contributed by atoms with Gasteiger partial charge in [-0.25, -0.2) is 13.4 Å². The van der Waals surface area contributed by atoms with E-state index >= 15 is 0 Å². The number of nitrogens with zero attached hydrogens (tertiary/aromatic N) is 1. The molecule has 0 aliphatic carbocycles. The average molecular weight is 316 g/mol. The van der Waals surface area contributed by atoms with Crippen LogP contribution in [0.5, 0.6) is 5.88 Å². The molecule has 0 unspecified atom stereocenters. The molecule has 1 aliphatic heterocycles. The van der Waals surface area contributed by atoms with Crippen molar-refractivity contribution in [2.75, 3.05) is 29.7 Å². The molecule has 1 aromatic heterocycles. The van der Waals surface area contributed by atoms with Crippen molar-refractivity contribution in [1.29, 1.82) is 0 Å². The smallest absolute Gasteiger partial charge is 0.234 e. The predicted octanol–water partition coefficient (Wildman–Crippen LogP) is 0.949. The van der Waals surface area contributed by atoms with E-state index in [1.165, 1.54) is 25.1 Å². The van der Waals surface area contributed by atoms with Gasteiger partial charge in [0.2, 0.25) is 11.8 Å². The Hall–Kier alpha value is -1.28. The van der Waals surface area contributed by atoms with Gasteiger partial charge in [0.15, 0.2) is 9.84 Å². The van der Waals surface area contributed by atoms with E-state index in [4.69, 9.17) is 4.74 Å². The van der Waals surface area contributed by atoms with Crippen LogP contribution >= 0.6 is 11.8 Å². The van der Waals surface area contributed by atoms with Gasteiger partial charge in [0, 0.05) is 11.3 Å². The number of amides is 1. The second-order valence-corrected chi connectivity index (χ2v) is 7.99. The number of carbonyl (C=O) groups excluding carboxylic acids is 1. The van der Waals surface area contributed by atoms with Crippen molar-refractivity contribution in [2.45, 2.75) is 11.7 Å². The SMILES string of the molecule is COc1ccc(NC(=O)CS[C@H]2CCS(=O)(=O)C2)cn1. The van der Waals surface area contributed by atoms with Crippen LogP contribution in [0.3, 0.4) is 0 Å². The van der Waals surface area contributed by atoms with Gasteiger partial charge < -0.3 is 10.1 Å². The molecule has 0 bridgehead atoms. The number of carbonyl (C=O) groups is 1. The summed E-state index contributed by atoms with van der Waals surface area (Å²) in [5.41, 5.74) is 0.593. The van der Waals surface area contributed by atoms with Crippen LogP contribution in [-0.2, 0) is 14.6 Å². The molecule has 1 aromatic rings. The number of rotatable bonds is 5. The van der Waals surface area contributed by atoms with Crippen LogP contribution in [-0.4, -0.2) is 48.9 Å². The molecule has 1 amide bonds. The van der Waals surface area contributed by atoms with E-state index in [0.29, 0.717) is 18.0 Å². The first-order chi connectivity index (χ1) is 9.48. The average Bonchev–Trinajstić information content (AvgIpc) is 2.77. The van der Waals surface area contributed by atoms with Crippen LogP contribution in [0.2, 0.25) is 0 Å². The van der Waals surface area contributed by atoms with Gasteiger partial charge in [-0.3, -0.25) is 4.79 Å². The normalized spacial score (nSPS) is 20.6. The topological polar surface area (TPSA) is 85.4 Å². The van der Waals surface area contributed by atoms with Gasteiger partial charge in [-0.15, -0.1) is 11.8 Å². The molecule has 0 aromatic carbocycles. The van der Waals surface area contributed by atoms with E-state index in [2.05, 4.69) is 10.3 Å². The second kappa shape index (κ2) is 6.45. The number of hydrogen-bond acceptors (Lipinski definition) is 6. The standard InChI is InChI=1S/C12H16N2O4S2/c1-18-12-3-2-9(6-13-12)14-11(15)7-19-10-4-5-20(16,17)8-10/h2-3,6,10H,4-5,7-8H2,1H3,(H,14,15)/t10-/m0/s1. The van der Waals surface area contributed by atoms with Crippen LogP contribution in [0.4, 0.5) is 5.69 Å². The highest BCUT2D eigenvalue weighted by Gasteiger charge is 2.28. The largest absolute Gasteiger partial charge is 0.481 e. The highest BCUT2D eigenvalue weighted by Crippen LogP contribution is 2.24. The lowest BCUT2D eigenvalue weighted by molar-refractivity contribution is -0.113. The number of ether oxygens (including phenoxy) is 1. The molecule has 0 radical (unpaired) electrons. The lowest BCUT2D eigenvalue weighted by Gasteiger charge is -2.08. The summed E-state index contributed by atoms with van der Waals surface area (Å²) in [6.07, 6.45) is 2.14. The zero-order valence-electron chi connectivity index (χ0n) is 11.0. The fourth-order valence-electron chi connectivity index (χ4n) is 1.86. The quantitative estimate of drug-likeness (QED) is 0.870. The number of thioether (sulfide) groups is 1. The lowest BCUT2D eigenvalue weighted by Crippen LogP contribution is -2.17. The van der Waals surface area contributed by atoms with E-state index in [9.17, 15) is 13.2 Å². The Morgan fingerprint density at radius 3 is 2.90 bits per heavy atom. The zero-order chi connectivity index (χ0) is 14.6. The molecule has 2 heterocycles. The van der Waals surface area contributed by atoms with Crippen LogP contribution < -0.4 is 10.1 Å². The van der Waals surface area contributed by atoms with E-state index < -0.39 is 9.84 Å². The number of aromatic nitrogens is 1. The molecular formula is C12H16N2O4S2. The molecule has 8 heteroatoms. The molecule has 110 valence electrons. The van der Waals surface area contributed by atoms with Gasteiger partial charge in [0.05, 0.1) is 36.3 Å². The number of sulfone groups is 1. The number of anilines is 1. The summed E-state index contributed by atoms with van der Waals surface area (Å²) in [4.78, 5) is 15.7. The Bertz CT molecular complexity index is 572.